The summed E-state index contributed by atoms with van der Waals surface area (Å²) in [5.74, 6) is 3.39. The highest BCUT2D eigenvalue weighted by Gasteiger charge is 2.10. The molecule has 0 saturated carbocycles. The number of anilines is 1. The first kappa shape index (κ1) is 14.9. The van der Waals surface area contributed by atoms with Crippen molar-refractivity contribution in [3.63, 3.8) is 0 Å². The molecule has 0 radical (unpaired) electrons. The average Bonchev–Trinajstić information content (AvgIpc) is 2.46. The molecule has 0 aliphatic carbocycles. The van der Waals surface area contributed by atoms with Gasteiger partial charge in [-0.1, -0.05) is 13.8 Å². The molecule has 6 heteroatoms. The number of rotatable bonds is 5. The SMILES string of the molecule is COc1cc(OC)cc(Oc2cc(N)nc(C(C)C)n2)c1. The topological polar surface area (TPSA) is 79.5 Å². The first-order valence-electron chi connectivity index (χ1n) is 6.57. The maximum Gasteiger partial charge on any atom is 0.224 e. The smallest absolute Gasteiger partial charge is 0.224 e. The third kappa shape index (κ3) is 3.75. The van der Waals surface area contributed by atoms with Crippen LogP contribution < -0.4 is 19.9 Å². The van der Waals surface area contributed by atoms with E-state index in [-0.39, 0.29) is 5.92 Å². The molecule has 21 heavy (non-hydrogen) atoms. The summed E-state index contributed by atoms with van der Waals surface area (Å²) >= 11 is 0. The van der Waals surface area contributed by atoms with Crippen LogP contribution in [0.2, 0.25) is 0 Å². The van der Waals surface area contributed by atoms with E-state index < -0.39 is 0 Å². The van der Waals surface area contributed by atoms with E-state index in [1.165, 1.54) is 0 Å². The maximum atomic E-state index is 5.78. The monoisotopic (exact) mass is 289 g/mol. The molecule has 0 bridgehead atoms. The van der Waals surface area contributed by atoms with E-state index in [1.54, 1.807) is 38.5 Å². The Hall–Kier alpha value is -2.50. The Balaban J connectivity index is 2.33. The number of nitrogen functional groups attached to an aromatic ring is 1. The number of benzene rings is 1. The molecule has 2 N–H and O–H groups in total. The Labute approximate surface area is 123 Å². The first-order valence-corrected chi connectivity index (χ1v) is 6.57. The summed E-state index contributed by atoms with van der Waals surface area (Å²) in [6.45, 7) is 3.99. The van der Waals surface area contributed by atoms with Crippen LogP contribution in [0.5, 0.6) is 23.1 Å². The van der Waals surface area contributed by atoms with Gasteiger partial charge in [0.15, 0.2) is 0 Å². The Morgan fingerprint density at radius 1 is 0.905 bits per heavy atom. The second-order valence-electron chi connectivity index (χ2n) is 4.79. The minimum absolute atomic E-state index is 0.163. The Kier molecular flexibility index (Phi) is 4.47. The third-order valence-electron chi connectivity index (χ3n) is 2.80. The number of nitrogens with zero attached hydrogens (tertiary/aromatic N) is 2. The lowest BCUT2D eigenvalue weighted by atomic mass is 10.2. The Morgan fingerprint density at radius 3 is 2.00 bits per heavy atom. The third-order valence-corrected chi connectivity index (χ3v) is 2.80. The number of nitrogens with two attached hydrogens (primary N) is 1. The van der Waals surface area contributed by atoms with Crippen molar-refractivity contribution in [2.75, 3.05) is 20.0 Å². The average molecular weight is 289 g/mol. The van der Waals surface area contributed by atoms with E-state index in [1.807, 2.05) is 13.8 Å². The van der Waals surface area contributed by atoms with Crippen LogP contribution in [0.3, 0.4) is 0 Å². The van der Waals surface area contributed by atoms with E-state index in [0.717, 1.165) is 0 Å². The number of hydrogen-bond donors (Lipinski definition) is 1. The summed E-state index contributed by atoms with van der Waals surface area (Å²) in [5.41, 5.74) is 5.78. The summed E-state index contributed by atoms with van der Waals surface area (Å²) in [5, 5.41) is 0. The van der Waals surface area contributed by atoms with Crippen LogP contribution in [0.1, 0.15) is 25.6 Å². The van der Waals surface area contributed by atoms with Crippen molar-refractivity contribution < 1.29 is 14.2 Å². The van der Waals surface area contributed by atoms with Crippen LogP contribution in [0.15, 0.2) is 24.3 Å². The van der Waals surface area contributed by atoms with Crippen molar-refractivity contribution in [1.29, 1.82) is 0 Å². The first-order chi connectivity index (χ1) is 10.0. The molecule has 6 nitrogen and oxygen atoms in total. The predicted octanol–water partition coefficient (Wildman–Crippen LogP) is 2.99. The van der Waals surface area contributed by atoms with Crippen LogP contribution in [0, 0.1) is 0 Å². The number of ether oxygens (including phenoxy) is 3. The molecule has 1 aromatic carbocycles. The van der Waals surface area contributed by atoms with Gasteiger partial charge < -0.3 is 19.9 Å². The van der Waals surface area contributed by atoms with Crippen LogP contribution in [0.25, 0.3) is 0 Å². The minimum atomic E-state index is 0.163. The largest absolute Gasteiger partial charge is 0.496 e. The van der Waals surface area contributed by atoms with E-state index in [0.29, 0.717) is 34.8 Å². The fourth-order valence-corrected chi connectivity index (χ4v) is 1.73. The summed E-state index contributed by atoms with van der Waals surface area (Å²) in [6, 6.07) is 6.84. The van der Waals surface area contributed by atoms with Crippen LogP contribution in [-0.4, -0.2) is 24.2 Å². The molecular weight excluding hydrogens is 270 g/mol. The van der Waals surface area contributed by atoms with Crippen LogP contribution in [0.4, 0.5) is 5.82 Å². The zero-order chi connectivity index (χ0) is 15.4. The van der Waals surface area contributed by atoms with E-state index in [2.05, 4.69) is 9.97 Å². The lowest BCUT2D eigenvalue weighted by Gasteiger charge is -2.11. The van der Waals surface area contributed by atoms with Gasteiger partial charge in [-0.15, -0.1) is 0 Å². The van der Waals surface area contributed by atoms with Gasteiger partial charge in [0.2, 0.25) is 5.88 Å². The molecule has 0 atom stereocenters. The van der Waals surface area contributed by atoms with Gasteiger partial charge in [0.05, 0.1) is 14.2 Å². The number of hydrogen-bond acceptors (Lipinski definition) is 6. The van der Waals surface area contributed by atoms with Crippen molar-refractivity contribution in [1.82, 2.24) is 9.97 Å². The van der Waals surface area contributed by atoms with Crippen LogP contribution >= 0.6 is 0 Å². The van der Waals surface area contributed by atoms with Gasteiger partial charge in [-0.05, 0) is 0 Å². The summed E-state index contributed by atoms with van der Waals surface area (Å²) < 4.78 is 16.2. The Morgan fingerprint density at radius 2 is 1.48 bits per heavy atom. The highest BCUT2D eigenvalue weighted by Crippen LogP contribution is 2.30. The van der Waals surface area contributed by atoms with Gasteiger partial charge in [0.1, 0.15) is 28.9 Å². The summed E-state index contributed by atoms with van der Waals surface area (Å²) in [4.78, 5) is 8.52. The zero-order valence-electron chi connectivity index (χ0n) is 12.6. The molecule has 2 aromatic rings. The second kappa shape index (κ2) is 6.30. The van der Waals surface area contributed by atoms with E-state index in [4.69, 9.17) is 19.9 Å². The van der Waals surface area contributed by atoms with E-state index >= 15 is 0 Å². The molecule has 2 rings (SSSR count). The Bertz CT molecular complexity index is 607. The van der Waals surface area contributed by atoms with Crippen molar-refractivity contribution in [3.05, 3.63) is 30.1 Å². The normalized spacial score (nSPS) is 10.5. The highest BCUT2D eigenvalue weighted by atomic mass is 16.5. The summed E-state index contributed by atoms with van der Waals surface area (Å²) in [7, 11) is 3.16. The van der Waals surface area contributed by atoms with Crippen molar-refractivity contribution in [2.45, 2.75) is 19.8 Å². The molecule has 0 unspecified atom stereocenters. The van der Waals surface area contributed by atoms with Gasteiger partial charge in [-0.25, -0.2) is 4.98 Å². The predicted molar refractivity (Wildman–Crippen MR) is 80.2 cm³/mol. The standard InChI is InChI=1S/C15H19N3O3/c1-9(2)15-17-13(16)8-14(18-15)21-12-6-10(19-3)5-11(7-12)20-4/h5-9H,1-4H3,(H2,16,17,18). The van der Waals surface area contributed by atoms with Gasteiger partial charge in [0.25, 0.3) is 0 Å². The van der Waals surface area contributed by atoms with Crippen molar-refractivity contribution in [2.24, 2.45) is 0 Å². The second-order valence-corrected chi connectivity index (χ2v) is 4.79. The highest BCUT2D eigenvalue weighted by molar-refractivity contribution is 5.44. The maximum absolute atomic E-state index is 5.78. The van der Waals surface area contributed by atoms with Gasteiger partial charge in [0, 0.05) is 30.2 Å². The molecule has 112 valence electrons. The number of methoxy groups -OCH3 is 2. The van der Waals surface area contributed by atoms with Gasteiger partial charge >= 0.3 is 0 Å². The fourth-order valence-electron chi connectivity index (χ4n) is 1.73. The van der Waals surface area contributed by atoms with Crippen molar-refractivity contribution >= 4 is 5.82 Å². The molecule has 0 aliphatic rings. The lowest BCUT2D eigenvalue weighted by molar-refractivity contribution is 0.384. The lowest BCUT2D eigenvalue weighted by Crippen LogP contribution is -2.03. The molecular formula is C15H19N3O3. The quantitative estimate of drug-likeness (QED) is 0.911. The van der Waals surface area contributed by atoms with Crippen molar-refractivity contribution in [3.8, 4) is 23.1 Å². The minimum Gasteiger partial charge on any atom is -0.496 e. The van der Waals surface area contributed by atoms with Crippen LogP contribution in [-0.2, 0) is 0 Å². The molecule has 0 saturated heterocycles. The molecule has 0 aliphatic heterocycles. The molecule has 1 heterocycles. The van der Waals surface area contributed by atoms with Gasteiger partial charge in [-0.2, -0.15) is 4.98 Å². The zero-order valence-corrected chi connectivity index (χ0v) is 12.6. The summed E-state index contributed by atoms with van der Waals surface area (Å²) in [6.07, 6.45) is 0. The molecule has 0 fully saturated rings. The number of aromatic nitrogens is 2. The van der Waals surface area contributed by atoms with E-state index in [9.17, 15) is 0 Å². The fraction of sp³-hybridized carbons (Fsp3) is 0.333. The molecule has 1 aromatic heterocycles. The molecule has 0 spiro atoms. The molecule has 0 amide bonds. The van der Waals surface area contributed by atoms with Gasteiger partial charge in [-0.3, -0.25) is 0 Å².